The van der Waals surface area contributed by atoms with E-state index in [-0.39, 0.29) is 12.0 Å². The fourth-order valence-corrected chi connectivity index (χ4v) is 2.35. The van der Waals surface area contributed by atoms with Gasteiger partial charge in [0.05, 0.1) is 6.61 Å². The van der Waals surface area contributed by atoms with E-state index in [1.165, 1.54) is 19.3 Å². The highest BCUT2D eigenvalue weighted by molar-refractivity contribution is 5.76. The minimum Gasteiger partial charge on any atom is -0.465 e. The Labute approximate surface area is 72.5 Å². The molecule has 1 aliphatic carbocycles. The number of nitrogens with one attached hydrogen (secondary N) is 1. The minimum absolute atomic E-state index is 0.00343. The van der Waals surface area contributed by atoms with Crippen molar-refractivity contribution in [3.8, 4) is 0 Å². The van der Waals surface area contributed by atoms with Crippen LogP contribution < -0.4 is 5.32 Å². The topological polar surface area (TPSA) is 38.3 Å². The maximum atomic E-state index is 11.4. The van der Waals surface area contributed by atoms with E-state index in [9.17, 15) is 4.79 Å². The summed E-state index contributed by atoms with van der Waals surface area (Å²) in [6.45, 7) is 2.35. The summed E-state index contributed by atoms with van der Waals surface area (Å²) in [7, 11) is 0. The van der Waals surface area contributed by atoms with E-state index in [0.717, 1.165) is 0 Å². The van der Waals surface area contributed by atoms with Gasteiger partial charge in [-0.3, -0.25) is 4.79 Å². The Morgan fingerprint density at radius 1 is 1.58 bits per heavy atom. The van der Waals surface area contributed by atoms with Gasteiger partial charge in [0.25, 0.3) is 0 Å². The average molecular weight is 169 g/mol. The Morgan fingerprint density at radius 3 is 2.92 bits per heavy atom. The highest BCUT2D eigenvalue weighted by atomic mass is 16.5. The molecule has 0 spiro atoms. The van der Waals surface area contributed by atoms with Crippen molar-refractivity contribution in [3.63, 3.8) is 0 Å². The van der Waals surface area contributed by atoms with Crippen LogP contribution in [-0.2, 0) is 9.53 Å². The lowest BCUT2D eigenvalue weighted by atomic mass is 10.0. The van der Waals surface area contributed by atoms with Crippen LogP contribution in [0.5, 0.6) is 0 Å². The molecule has 68 valence electrons. The molecule has 12 heavy (non-hydrogen) atoms. The predicted octanol–water partition coefficient (Wildman–Crippen LogP) is 0.690. The van der Waals surface area contributed by atoms with Crippen molar-refractivity contribution >= 4 is 5.97 Å². The van der Waals surface area contributed by atoms with Gasteiger partial charge < -0.3 is 10.1 Å². The Bertz CT molecular complexity index is 193. The number of hydrogen-bond acceptors (Lipinski definition) is 3. The van der Waals surface area contributed by atoms with Gasteiger partial charge in [0.1, 0.15) is 6.04 Å². The van der Waals surface area contributed by atoms with Crippen LogP contribution in [0.25, 0.3) is 0 Å². The maximum absolute atomic E-state index is 11.4. The molecule has 1 unspecified atom stereocenters. The fourth-order valence-electron chi connectivity index (χ4n) is 2.35. The molecule has 3 atom stereocenters. The van der Waals surface area contributed by atoms with Crippen LogP contribution in [0.15, 0.2) is 0 Å². The summed E-state index contributed by atoms with van der Waals surface area (Å²) in [5.41, 5.74) is 0. The second kappa shape index (κ2) is 3.05. The third-order valence-corrected chi connectivity index (χ3v) is 2.90. The van der Waals surface area contributed by atoms with Crippen molar-refractivity contribution in [1.29, 1.82) is 0 Å². The molecule has 1 saturated carbocycles. The van der Waals surface area contributed by atoms with E-state index in [1.807, 2.05) is 6.92 Å². The third-order valence-electron chi connectivity index (χ3n) is 2.90. The first-order valence-electron chi connectivity index (χ1n) is 4.74. The van der Waals surface area contributed by atoms with E-state index in [0.29, 0.717) is 18.6 Å². The Morgan fingerprint density at radius 2 is 2.42 bits per heavy atom. The van der Waals surface area contributed by atoms with Crippen LogP contribution in [0.1, 0.15) is 26.2 Å². The summed E-state index contributed by atoms with van der Waals surface area (Å²) in [6.07, 6.45) is 3.60. The van der Waals surface area contributed by atoms with E-state index in [1.54, 1.807) is 0 Å². The van der Waals surface area contributed by atoms with Crippen molar-refractivity contribution in [2.45, 2.75) is 38.3 Å². The van der Waals surface area contributed by atoms with Crippen LogP contribution in [0.4, 0.5) is 0 Å². The highest BCUT2D eigenvalue weighted by Crippen LogP contribution is 2.35. The normalized spacial score (nSPS) is 38.6. The first-order valence-corrected chi connectivity index (χ1v) is 4.74. The quantitative estimate of drug-likeness (QED) is 0.618. The molecule has 3 nitrogen and oxygen atoms in total. The molecule has 2 fully saturated rings. The monoisotopic (exact) mass is 169 g/mol. The van der Waals surface area contributed by atoms with Gasteiger partial charge in [-0.1, -0.05) is 0 Å². The third kappa shape index (κ3) is 1.22. The molecule has 0 aromatic rings. The summed E-state index contributed by atoms with van der Waals surface area (Å²) >= 11 is 0. The second-order valence-corrected chi connectivity index (χ2v) is 3.67. The van der Waals surface area contributed by atoms with Crippen LogP contribution >= 0.6 is 0 Å². The summed E-state index contributed by atoms with van der Waals surface area (Å²) < 4.78 is 4.98. The van der Waals surface area contributed by atoms with Gasteiger partial charge in [-0.05, 0) is 32.1 Å². The molecule has 2 rings (SSSR count). The smallest absolute Gasteiger partial charge is 0.323 e. The molecule has 1 aliphatic heterocycles. The SMILES string of the molecule is CCOC(=O)C1N[C@@H]2CC[C@H]1C2. The number of esters is 1. The maximum Gasteiger partial charge on any atom is 0.323 e. The summed E-state index contributed by atoms with van der Waals surface area (Å²) in [5.74, 6) is 0.499. The lowest BCUT2D eigenvalue weighted by molar-refractivity contribution is -0.146. The zero-order valence-electron chi connectivity index (χ0n) is 7.38. The Kier molecular flexibility index (Phi) is 2.05. The van der Waals surface area contributed by atoms with Crippen LogP contribution in [0.2, 0.25) is 0 Å². The highest BCUT2D eigenvalue weighted by Gasteiger charge is 2.43. The van der Waals surface area contributed by atoms with Crippen molar-refractivity contribution in [3.05, 3.63) is 0 Å². The number of piperidine rings is 1. The van der Waals surface area contributed by atoms with Gasteiger partial charge in [0.2, 0.25) is 0 Å². The second-order valence-electron chi connectivity index (χ2n) is 3.67. The van der Waals surface area contributed by atoms with E-state index in [2.05, 4.69) is 5.32 Å². The number of fused-ring (bicyclic) bond motifs is 2. The van der Waals surface area contributed by atoms with Gasteiger partial charge >= 0.3 is 5.97 Å². The van der Waals surface area contributed by atoms with Gasteiger partial charge in [-0.25, -0.2) is 0 Å². The van der Waals surface area contributed by atoms with E-state index in [4.69, 9.17) is 4.74 Å². The summed E-state index contributed by atoms with van der Waals surface area (Å²) in [4.78, 5) is 11.4. The molecule has 0 radical (unpaired) electrons. The molecular weight excluding hydrogens is 154 g/mol. The standard InChI is InChI=1S/C9H15NO2/c1-2-12-9(11)8-6-3-4-7(5-6)10-8/h6-8,10H,2-5H2,1H3/t6-,7+,8?/m0/s1. The van der Waals surface area contributed by atoms with Crippen molar-refractivity contribution in [1.82, 2.24) is 5.32 Å². The van der Waals surface area contributed by atoms with Gasteiger partial charge in [-0.15, -0.1) is 0 Å². The first kappa shape index (κ1) is 8.05. The molecular formula is C9H15NO2. The molecule has 0 aromatic carbocycles. The fraction of sp³-hybridized carbons (Fsp3) is 0.889. The van der Waals surface area contributed by atoms with Gasteiger partial charge in [0.15, 0.2) is 0 Å². The summed E-state index contributed by atoms with van der Waals surface area (Å²) in [6, 6.07) is 0.591. The molecule has 1 saturated heterocycles. The van der Waals surface area contributed by atoms with Gasteiger partial charge in [0, 0.05) is 6.04 Å². The Balaban J connectivity index is 1.93. The predicted molar refractivity (Wildman–Crippen MR) is 44.7 cm³/mol. The average Bonchev–Trinajstić information content (AvgIpc) is 2.64. The molecule has 2 aliphatic rings. The van der Waals surface area contributed by atoms with Crippen molar-refractivity contribution < 1.29 is 9.53 Å². The van der Waals surface area contributed by atoms with Crippen molar-refractivity contribution in [2.24, 2.45) is 5.92 Å². The largest absolute Gasteiger partial charge is 0.465 e. The lowest BCUT2D eigenvalue weighted by Crippen LogP contribution is -2.42. The van der Waals surface area contributed by atoms with Crippen LogP contribution in [0.3, 0.4) is 0 Å². The van der Waals surface area contributed by atoms with E-state index < -0.39 is 0 Å². The molecule has 1 N–H and O–H groups in total. The van der Waals surface area contributed by atoms with Crippen LogP contribution in [0, 0.1) is 5.92 Å². The Hall–Kier alpha value is -0.570. The first-order chi connectivity index (χ1) is 5.81. The van der Waals surface area contributed by atoms with Crippen molar-refractivity contribution in [2.75, 3.05) is 6.61 Å². The van der Waals surface area contributed by atoms with Crippen LogP contribution in [-0.4, -0.2) is 24.7 Å². The molecule has 1 heterocycles. The van der Waals surface area contributed by atoms with Gasteiger partial charge in [-0.2, -0.15) is 0 Å². The molecule has 2 bridgehead atoms. The zero-order chi connectivity index (χ0) is 8.55. The lowest BCUT2D eigenvalue weighted by Gasteiger charge is -2.20. The zero-order valence-corrected chi connectivity index (χ0v) is 7.38. The summed E-state index contributed by atoms with van der Waals surface area (Å²) in [5, 5.41) is 3.30. The number of hydrogen-bond donors (Lipinski definition) is 1. The number of carbonyl (C=O) groups excluding carboxylic acids is 1. The number of rotatable bonds is 2. The number of ether oxygens (including phenoxy) is 1. The molecule has 0 amide bonds. The van der Waals surface area contributed by atoms with E-state index >= 15 is 0 Å². The minimum atomic E-state index is -0.0512. The number of carbonyl (C=O) groups is 1. The molecule has 0 aromatic heterocycles. The molecule has 3 heteroatoms.